The van der Waals surface area contributed by atoms with Crippen molar-refractivity contribution in [3.8, 4) is 0 Å². The van der Waals surface area contributed by atoms with Crippen LogP contribution in [0.5, 0.6) is 0 Å². The molecule has 0 aromatic carbocycles. The lowest BCUT2D eigenvalue weighted by atomic mass is 9.97. The van der Waals surface area contributed by atoms with Crippen molar-refractivity contribution in [2.45, 2.75) is 90.1 Å². The predicted octanol–water partition coefficient (Wildman–Crippen LogP) is 3.58. The Hall–Kier alpha value is -0.0800. The summed E-state index contributed by atoms with van der Waals surface area (Å²) in [6.07, 6.45) is 12.6. The van der Waals surface area contributed by atoms with Crippen LogP contribution >= 0.6 is 0 Å². The third kappa shape index (κ3) is 9.17. The van der Waals surface area contributed by atoms with Gasteiger partial charge in [0.2, 0.25) is 0 Å². The standard InChI is InChI=1S/C14H32N2/c1-3-5-7-9-11-13(15)14(16)12-10-8-6-4-2/h13-14H,3-12,15-16H2,1-2H3. The van der Waals surface area contributed by atoms with E-state index in [9.17, 15) is 0 Å². The summed E-state index contributed by atoms with van der Waals surface area (Å²) in [5.74, 6) is 0. The third-order valence-electron chi connectivity index (χ3n) is 3.33. The minimum absolute atomic E-state index is 0.221. The minimum Gasteiger partial charge on any atom is -0.326 e. The molecule has 0 aliphatic heterocycles. The van der Waals surface area contributed by atoms with Crippen molar-refractivity contribution < 1.29 is 0 Å². The molecule has 0 aliphatic carbocycles. The topological polar surface area (TPSA) is 52.0 Å². The molecular formula is C14H32N2. The van der Waals surface area contributed by atoms with E-state index in [0.29, 0.717) is 0 Å². The molecule has 2 heteroatoms. The minimum atomic E-state index is 0.221. The van der Waals surface area contributed by atoms with Crippen molar-refractivity contribution in [3.63, 3.8) is 0 Å². The van der Waals surface area contributed by atoms with Gasteiger partial charge in [0.15, 0.2) is 0 Å². The quantitative estimate of drug-likeness (QED) is 0.531. The van der Waals surface area contributed by atoms with Crippen molar-refractivity contribution in [3.05, 3.63) is 0 Å². The summed E-state index contributed by atoms with van der Waals surface area (Å²) < 4.78 is 0. The van der Waals surface area contributed by atoms with Crippen LogP contribution < -0.4 is 11.5 Å². The lowest BCUT2D eigenvalue weighted by molar-refractivity contribution is 0.433. The normalized spacial score (nSPS) is 15.0. The molecule has 0 spiro atoms. The van der Waals surface area contributed by atoms with Crippen molar-refractivity contribution in [1.82, 2.24) is 0 Å². The molecule has 4 N–H and O–H groups in total. The maximum atomic E-state index is 6.09. The van der Waals surface area contributed by atoms with Crippen LogP contribution in [-0.4, -0.2) is 12.1 Å². The van der Waals surface area contributed by atoms with Gasteiger partial charge in [-0.3, -0.25) is 0 Å². The number of unbranched alkanes of at least 4 members (excludes halogenated alkanes) is 6. The first kappa shape index (κ1) is 15.9. The van der Waals surface area contributed by atoms with Gasteiger partial charge in [0.1, 0.15) is 0 Å². The molecule has 0 saturated heterocycles. The Morgan fingerprint density at radius 3 is 1.31 bits per heavy atom. The van der Waals surface area contributed by atoms with Gasteiger partial charge in [-0.25, -0.2) is 0 Å². The molecule has 0 radical (unpaired) electrons. The van der Waals surface area contributed by atoms with E-state index >= 15 is 0 Å². The molecular weight excluding hydrogens is 196 g/mol. The molecule has 2 unspecified atom stereocenters. The maximum Gasteiger partial charge on any atom is 0.0192 e. The highest BCUT2D eigenvalue weighted by atomic mass is 14.8. The van der Waals surface area contributed by atoms with Gasteiger partial charge in [-0.1, -0.05) is 65.2 Å². The Morgan fingerprint density at radius 1 is 0.625 bits per heavy atom. The first-order chi connectivity index (χ1) is 7.72. The van der Waals surface area contributed by atoms with E-state index in [1.807, 2.05) is 0 Å². The maximum absolute atomic E-state index is 6.09. The lowest BCUT2D eigenvalue weighted by Gasteiger charge is -2.19. The number of rotatable bonds is 11. The highest BCUT2D eigenvalue weighted by Crippen LogP contribution is 2.10. The van der Waals surface area contributed by atoms with E-state index in [-0.39, 0.29) is 12.1 Å². The van der Waals surface area contributed by atoms with Gasteiger partial charge in [0, 0.05) is 12.1 Å². The lowest BCUT2D eigenvalue weighted by Crippen LogP contribution is -2.41. The van der Waals surface area contributed by atoms with Crippen molar-refractivity contribution in [2.75, 3.05) is 0 Å². The molecule has 0 aromatic rings. The zero-order valence-electron chi connectivity index (χ0n) is 11.4. The fourth-order valence-corrected chi connectivity index (χ4v) is 2.04. The van der Waals surface area contributed by atoms with Gasteiger partial charge in [0.25, 0.3) is 0 Å². The van der Waals surface area contributed by atoms with E-state index < -0.39 is 0 Å². The second kappa shape index (κ2) is 11.4. The smallest absolute Gasteiger partial charge is 0.0192 e. The zero-order valence-corrected chi connectivity index (χ0v) is 11.4. The van der Waals surface area contributed by atoms with Crippen LogP contribution in [0.2, 0.25) is 0 Å². The van der Waals surface area contributed by atoms with Crippen molar-refractivity contribution in [1.29, 1.82) is 0 Å². The summed E-state index contributed by atoms with van der Waals surface area (Å²) >= 11 is 0. The Bertz CT molecular complexity index is 121. The Labute approximate surface area is 102 Å². The average molecular weight is 228 g/mol. The van der Waals surface area contributed by atoms with Crippen LogP contribution in [0.3, 0.4) is 0 Å². The average Bonchev–Trinajstić information content (AvgIpc) is 2.29. The molecule has 0 aromatic heterocycles. The van der Waals surface area contributed by atoms with Gasteiger partial charge in [-0.05, 0) is 12.8 Å². The molecule has 0 amide bonds. The summed E-state index contributed by atoms with van der Waals surface area (Å²) in [4.78, 5) is 0. The number of nitrogens with two attached hydrogens (primary N) is 2. The summed E-state index contributed by atoms with van der Waals surface area (Å²) in [5.41, 5.74) is 12.2. The van der Waals surface area contributed by atoms with Crippen LogP contribution in [0.1, 0.15) is 78.1 Å². The fraction of sp³-hybridized carbons (Fsp3) is 1.00. The summed E-state index contributed by atoms with van der Waals surface area (Å²) in [6, 6.07) is 0.442. The molecule has 0 saturated carbocycles. The van der Waals surface area contributed by atoms with Crippen molar-refractivity contribution >= 4 is 0 Å². The van der Waals surface area contributed by atoms with Gasteiger partial charge in [-0.15, -0.1) is 0 Å². The Kier molecular flexibility index (Phi) is 11.3. The predicted molar refractivity (Wildman–Crippen MR) is 73.5 cm³/mol. The van der Waals surface area contributed by atoms with Crippen LogP contribution in [0, 0.1) is 0 Å². The van der Waals surface area contributed by atoms with Gasteiger partial charge >= 0.3 is 0 Å². The Morgan fingerprint density at radius 2 is 1.00 bits per heavy atom. The van der Waals surface area contributed by atoms with Gasteiger partial charge < -0.3 is 11.5 Å². The number of hydrogen-bond donors (Lipinski definition) is 2. The van der Waals surface area contributed by atoms with Gasteiger partial charge in [0.05, 0.1) is 0 Å². The van der Waals surface area contributed by atoms with E-state index in [1.165, 1.54) is 51.4 Å². The molecule has 0 rings (SSSR count). The van der Waals surface area contributed by atoms with Crippen LogP contribution in [0.15, 0.2) is 0 Å². The largest absolute Gasteiger partial charge is 0.326 e. The van der Waals surface area contributed by atoms with Crippen LogP contribution in [0.25, 0.3) is 0 Å². The monoisotopic (exact) mass is 228 g/mol. The molecule has 2 nitrogen and oxygen atoms in total. The molecule has 0 bridgehead atoms. The second-order valence-electron chi connectivity index (χ2n) is 5.03. The molecule has 0 aliphatic rings. The van der Waals surface area contributed by atoms with Gasteiger partial charge in [-0.2, -0.15) is 0 Å². The van der Waals surface area contributed by atoms with E-state index in [4.69, 9.17) is 11.5 Å². The van der Waals surface area contributed by atoms with Crippen LogP contribution in [-0.2, 0) is 0 Å². The van der Waals surface area contributed by atoms with E-state index in [2.05, 4.69) is 13.8 Å². The van der Waals surface area contributed by atoms with E-state index in [0.717, 1.165) is 12.8 Å². The fourth-order valence-electron chi connectivity index (χ4n) is 2.04. The first-order valence-electron chi connectivity index (χ1n) is 7.23. The highest BCUT2D eigenvalue weighted by molar-refractivity contribution is 4.75. The molecule has 16 heavy (non-hydrogen) atoms. The zero-order chi connectivity index (χ0) is 12.2. The summed E-state index contributed by atoms with van der Waals surface area (Å²) in [6.45, 7) is 4.47. The number of hydrogen-bond acceptors (Lipinski definition) is 2. The molecule has 0 heterocycles. The second-order valence-corrected chi connectivity index (χ2v) is 5.03. The first-order valence-corrected chi connectivity index (χ1v) is 7.23. The summed E-state index contributed by atoms with van der Waals surface area (Å²) in [7, 11) is 0. The molecule has 98 valence electrons. The highest BCUT2D eigenvalue weighted by Gasteiger charge is 2.11. The van der Waals surface area contributed by atoms with Crippen molar-refractivity contribution in [2.24, 2.45) is 11.5 Å². The van der Waals surface area contributed by atoms with Crippen LogP contribution in [0.4, 0.5) is 0 Å². The third-order valence-corrected chi connectivity index (χ3v) is 3.33. The molecule has 2 atom stereocenters. The molecule has 0 fully saturated rings. The summed E-state index contributed by atoms with van der Waals surface area (Å²) in [5, 5.41) is 0. The Balaban J connectivity index is 3.38. The van der Waals surface area contributed by atoms with E-state index in [1.54, 1.807) is 0 Å². The SMILES string of the molecule is CCCCCCC(N)C(N)CCCCCC.